The molecule has 1 aliphatic rings. The molecule has 3 heteroatoms. The van der Waals surface area contributed by atoms with E-state index < -0.39 is 0 Å². The topological polar surface area (TPSA) is 27.7 Å². The van der Waals surface area contributed by atoms with E-state index in [0.29, 0.717) is 0 Å². The average molecular weight is 152 g/mol. The summed E-state index contributed by atoms with van der Waals surface area (Å²) in [5.41, 5.74) is 0. The quantitative estimate of drug-likeness (QED) is 0.562. The normalized spacial score (nSPS) is 15.6. The molecule has 1 aromatic rings. The molecule has 3 nitrogen and oxygen atoms in total. The van der Waals surface area contributed by atoms with Gasteiger partial charge in [0.1, 0.15) is 0 Å². The Morgan fingerprint density at radius 1 is 0.909 bits per heavy atom. The Balaban J connectivity index is 2.33. The lowest BCUT2D eigenvalue weighted by Crippen LogP contribution is -2.02. The molecule has 0 bridgehead atoms. The number of hydrogen-bond acceptors (Lipinski definition) is 3. The standard InChI is InChI=1S/C8H8O3/c1-2-4-8-7(3-1)10-5-9-6-11-8/h1-4H,5-6H2. The van der Waals surface area contributed by atoms with Gasteiger partial charge in [0.05, 0.1) is 0 Å². The minimum absolute atomic E-state index is 0.261. The van der Waals surface area contributed by atoms with Crippen LogP contribution in [0.15, 0.2) is 24.3 Å². The first-order valence-corrected chi connectivity index (χ1v) is 3.39. The molecule has 0 saturated carbocycles. The van der Waals surface area contributed by atoms with Crippen LogP contribution >= 0.6 is 0 Å². The fourth-order valence-corrected chi connectivity index (χ4v) is 0.933. The Kier molecular flexibility index (Phi) is 1.65. The number of benzene rings is 1. The number of rotatable bonds is 0. The first kappa shape index (κ1) is 6.49. The summed E-state index contributed by atoms with van der Waals surface area (Å²) in [4.78, 5) is 0. The predicted octanol–water partition coefficient (Wildman–Crippen LogP) is 1.39. The molecular formula is C8H8O3. The summed E-state index contributed by atoms with van der Waals surface area (Å²) in [5, 5.41) is 0. The van der Waals surface area contributed by atoms with Crippen LogP contribution in [0.3, 0.4) is 0 Å². The lowest BCUT2D eigenvalue weighted by atomic mass is 10.3. The van der Waals surface area contributed by atoms with Gasteiger partial charge in [-0.2, -0.15) is 0 Å². The minimum atomic E-state index is 0.261. The lowest BCUT2D eigenvalue weighted by Gasteiger charge is -2.02. The Bertz CT molecular complexity index is 222. The summed E-state index contributed by atoms with van der Waals surface area (Å²) < 4.78 is 15.3. The number of ether oxygens (including phenoxy) is 3. The zero-order valence-corrected chi connectivity index (χ0v) is 5.95. The van der Waals surface area contributed by atoms with Crippen LogP contribution in [0.5, 0.6) is 11.5 Å². The number of para-hydroxylation sites is 2. The van der Waals surface area contributed by atoms with Crippen molar-refractivity contribution in [1.82, 2.24) is 0 Å². The molecular weight excluding hydrogens is 144 g/mol. The molecule has 58 valence electrons. The first-order chi connectivity index (χ1) is 5.47. The van der Waals surface area contributed by atoms with Crippen molar-refractivity contribution in [2.24, 2.45) is 0 Å². The molecule has 1 aliphatic heterocycles. The van der Waals surface area contributed by atoms with Gasteiger partial charge < -0.3 is 14.2 Å². The highest BCUT2D eigenvalue weighted by atomic mass is 16.8. The van der Waals surface area contributed by atoms with Crippen molar-refractivity contribution in [2.45, 2.75) is 0 Å². The molecule has 1 aromatic carbocycles. The van der Waals surface area contributed by atoms with Crippen molar-refractivity contribution in [3.8, 4) is 11.5 Å². The van der Waals surface area contributed by atoms with Crippen LogP contribution in [0.25, 0.3) is 0 Å². The molecule has 0 radical (unpaired) electrons. The van der Waals surface area contributed by atoms with E-state index in [2.05, 4.69) is 0 Å². The van der Waals surface area contributed by atoms with Crippen LogP contribution in [0.4, 0.5) is 0 Å². The lowest BCUT2D eigenvalue weighted by molar-refractivity contribution is -0.0349. The second-order valence-corrected chi connectivity index (χ2v) is 2.18. The van der Waals surface area contributed by atoms with Crippen LogP contribution in [0.2, 0.25) is 0 Å². The van der Waals surface area contributed by atoms with Gasteiger partial charge in [0.15, 0.2) is 25.1 Å². The van der Waals surface area contributed by atoms with E-state index in [-0.39, 0.29) is 13.6 Å². The van der Waals surface area contributed by atoms with E-state index in [0.717, 1.165) is 11.5 Å². The molecule has 0 atom stereocenters. The molecule has 11 heavy (non-hydrogen) atoms. The number of hydrogen-bond donors (Lipinski definition) is 0. The molecule has 0 fully saturated rings. The summed E-state index contributed by atoms with van der Waals surface area (Å²) in [6, 6.07) is 7.50. The van der Waals surface area contributed by atoms with Crippen LogP contribution < -0.4 is 9.47 Å². The van der Waals surface area contributed by atoms with Gasteiger partial charge in [-0.05, 0) is 12.1 Å². The molecule has 0 saturated heterocycles. The van der Waals surface area contributed by atoms with Crippen molar-refractivity contribution in [2.75, 3.05) is 13.6 Å². The molecule has 0 aliphatic carbocycles. The van der Waals surface area contributed by atoms with Gasteiger partial charge in [-0.3, -0.25) is 0 Å². The van der Waals surface area contributed by atoms with Gasteiger partial charge in [0, 0.05) is 0 Å². The summed E-state index contributed by atoms with van der Waals surface area (Å²) in [6.45, 7) is 0.522. The first-order valence-electron chi connectivity index (χ1n) is 3.39. The van der Waals surface area contributed by atoms with E-state index in [1.807, 2.05) is 24.3 Å². The van der Waals surface area contributed by atoms with Crippen LogP contribution in [-0.2, 0) is 4.74 Å². The van der Waals surface area contributed by atoms with Crippen molar-refractivity contribution >= 4 is 0 Å². The second-order valence-electron chi connectivity index (χ2n) is 2.18. The zero-order valence-electron chi connectivity index (χ0n) is 5.95. The maximum absolute atomic E-state index is 5.20. The van der Waals surface area contributed by atoms with Gasteiger partial charge in [0.2, 0.25) is 0 Å². The van der Waals surface area contributed by atoms with E-state index in [1.165, 1.54) is 0 Å². The maximum atomic E-state index is 5.20. The van der Waals surface area contributed by atoms with Gasteiger partial charge >= 0.3 is 0 Å². The summed E-state index contributed by atoms with van der Waals surface area (Å²) in [7, 11) is 0. The predicted molar refractivity (Wildman–Crippen MR) is 38.5 cm³/mol. The van der Waals surface area contributed by atoms with Gasteiger partial charge in [-0.25, -0.2) is 0 Å². The smallest absolute Gasteiger partial charge is 0.192 e. The maximum Gasteiger partial charge on any atom is 0.192 e. The SMILES string of the molecule is c1ccc2c(c1)OCOCO2. The van der Waals surface area contributed by atoms with Gasteiger partial charge in [0.25, 0.3) is 0 Å². The molecule has 0 amide bonds. The molecule has 1 heterocycles. The van der Waals surface area contributed by atoms with E-state index in [4.69, 9.17) is 14.2 Å². The number of fused-ring (bicyclic) bond motifs is 1. The third kappa shape index (κ3) is 1.28. The highest BCUT2D eigenvalue weighted by Gasteiger charge is 2.06. The second kappa shape index (κ2) is 2.80. The van der Waals surface area contributed by atoms with Gasteiger partial charge in [-0.1, -0.05) is 12.1 Å². The van der Waals surface area contributed by atoms with Crippen molar-refractivity contribution in [1.29, 1.82) is 0 Å². The van der Waals surface area contributed by atoms with Crippen LogP contribution in [0, 0.1) is 0 Å². The molecule has 0 aromatic heterocycles. The van der Waals surface area contributed by atoms with Crippen LogP contribution in [0.1, 0.15) is 0 Å². The molecule has 2 rings (SSSR count). The fraction of sp³-hybridized carbons (Fsp3) is 0.250. The molecule has 0 N–H and O–H groups in total. The third-order valence-corrected chi connectivity index (χ3v) is 1.44. The third-order valence-electron chi connectivity index (χ3n) is 1.44. The Morgan fingerprint density at radius 3 is 2.00 bits per heavy atom. The average Bonchev–Trinajstić information content (AvgIpc) is 2.28. The van der Waals surface area contributed by atoms with Crippen molar-refractivity contribution < 1.29 is 14.2 Å². The van der Waals surface area contributed by atoms with Gasteiger partial charge in [-0.15, -0.1) is 0 Å². The zero-order chi connectivity index (χ0) is 7.52. The monoisotopic (exact) mass is 152 g/mol. The van der Waals surface area contributed by atoms with Crippen molar-refractivity contribution in [3.63, 3.8) is 0 Å². The Labute approximate surface area is 64.5 Å². The Hall–Kier alpha value is -1.22. The Morgan fingerprint density at radius 2 is 1.45 bits per heavy atom. The summed E-state index contributed by atoms with van der Waals surface area (Å²) in [5.74, 6) is 1.48. The minimum Gasteiger partial charge on any atom is -0.464 e. The highest BCUT2D eigenvalue weighted by Crippen LogP contribution is 2.27. The van der Waals surface area contributed by atoms with E-state index >= 15 is 0 Å². The fourth-order valence-electron chi connectivity index (χ4n) is 0.933. The highest BCUT2D eigenvalue weighted by molar-refractivity contribution is 5.39. The van der Waals surface area contributed by atoms with E-state index in [9.17, 15) is 0 Å². The molecule has 0 spiro atoms. The van der Waals surface area contributed by atoms with E-state index in [1.54, 1.807) is 0 Å². The largest absolute Gasteiger partial charge is 0.464 e. The molecule has 0 unspecified atom stereocenters. The summed E-state index contributed by atoms with van der Waals surface area (Å²) >= 11 is 0. The van der Waals surface area contributed by atoms with Crippen molar-refractivity contribution in [3.05, 3.63) is 24.3 Å². The van der Waals surface area contributed by atoms with Crippen LogP contribution in [-0.4, -0.2) is 13.6 Å². The summed E-state index contributed by atoms with van der Waals surface area (Å²) in [6.07, 6.45) is 0.